The minimum atomic E-state index is -0.498. The van der Waals surface area contributed by atoms with Crippen LogP contribution in [0.5, 0.6) is 0 Å². The van der Waals surface area contributed by atoms with E-state index in [-0.39, 0.29) is 18.2 Å². The molecule has 138 valence electrons. The van der Waals surface area contributed by atoms with Crippen LogP contribution in [0.4, 0.5) is 0 Å². The molecule has 2 aliphatic rings. The van der Waals surface area contributed by atoms with Gasteiger partial charge in [0.25, 0.3) is 0 Å². The lowest BCUT2D eigenvalue weighted by molar-refractivity contribution is -0.171. The van der Waals surface area contributed by atoms with Crippen molar-refractivity contribution in [3.8, 4) is 0 Å². The van der Waals surface area contributed by atoms with Crippen LogP contribution in [0, 0.1) is 5.41 Å². The van der Waals surface area contributed by atoms with Gasteiger partial charge in [0.05, 0.1) is 18.1 Å². The first-order valence-electron chi connectivity index (χ1n) is 9.08. The standard InChI is InChI=1S/C20H27ClO4/c1-19(2,3)18(22)23-13-10-16-17(14-8-4-5-9-15(14)21)25-20(24-16)11-6-7-12-20/h4-5,8-9,16-17H,6-7,10-13H2,1-3H3/t16-,17-/m1/s1. The van der Waals surface area contributed by atoms with Gasteiger partial charge in [0.2, 0.25) is 0 Å². The number of hydrogen-bond acceptors (Lipinski definition) is 4. The van der Waals surface area contributed by atoms with Crippen molar-refractivity contribution >= 4 is 17.6 Å². The van der Waals surface area contributed by atoms with Crippen molar-refractivity contribution in [2.24, 2.45) is 5.41 Å². The second-order valence-corrected chi connectivity index (χ2v) is 8.42. The number of esters is 1. The van der Waals surface area contributed by atoms with Crippen LogP contribution >= 0.6 is 11.6 Å². The van der Waals surface area contributed by atoms with Crippen LogP contribution in [0.3, 0.4) is 0 Å². The lowest BCUT2D eigenvalue weighted by Gasteiger charge is -2.22. The Bertz CT molecular complexity index is 616. The molecule has 0 aromatic heterocycles. The van der Waals surface area contributed by atoms with E-state index in [0.29, 0.717) is 18.1 Å². The van der Waals surface area contributed by atoms with Gasteiger partial charge in [0, 0.05) is 29.8 Å². The summed E-state index contributed by atoms with van der Waals surface area (Å²) in [5.74, 6) is -0.695. The molecule has 1 saturated heterocycles. The minimum absolute atomic E-state index is 0.161. The van der Waals surface area contributed by atoms with Gasteiger partial charge >= 0.3 is 5.97 Å². The predicted molar refractivity (Wildman–Crippen MR) is 96.4 cm³/mol. The highest BCUT2D eigenvalue weighted by molar-refractivity contribution is 6.31. The Balaban J connectivity index is 1.70. The minimum Gasteiger partial charge on any atom is -0.465 e. The molecule has 0 radical (unpaired) electrons. The van der Waals surface area contributed by atoms with Crippen molar-refractivity contribution in [3.63, 3.8) is 0 Å². The molecule has 1 saturated carbocycles. The molecular formula is C20H27ClO4. The van der Waals surface area contributed by atoms with E-state index in [1.54, 1.807) is 0 Å². The number of hydrogen-bond donors (Lipinski definition) is 0. The Labute approximate surface area is 154 Å². The van der Waals surface area contributed by atoms with Crippen LogP contribution in [-0.4, -0.2) is 24.5 Å². The summed E-state index contributed by atoms with van der Waals surface area (Å²) < 4.78 is 18.1. The van der Waals surface area contributed by atoms with Crippen molar-refractivity contribution in [2.45, 2.75) is 70.9 Å². The van der Waals surface area contributed by atoms with Crippen LogP contribution < -0.4 is 0 Å². The third-order valence-electron chi connectivity index (χ3n) is 4.87. The van der Waals surface area contributed by atoms with Crippen molar-refractivity contribution in [1.82, 2.24) is 0 Å². The first-order valence-corrected chi connectivity index (χ1v) is 9.46. The van der Waals surface area contributed by atoms with E-state index in [9.17, 15) is 4.79 Å². The van der Waals surface area contributed by atoms with Gasteiger partial charge in [-0.1, -0.05) is 29.8 Å². The fourth-order valence-electron chi connectivity index (χ4n) is 3.49. The smallest absolute Gasteiger partial charge is 0.311 e. The molecule has 1 heterocycles. The Morgan fingerprint density at radius 2 is 1.92 bits per heavy atom. The average Bonchev–Trinajstić information content (AvgIpc) is 3.14. The molecule has 5 heteroatoms. The van der Waals surface area contributed by atoms with Gasteiger partial charge in [-0.05, 0) is 39.7 Å². The summed E-state index contributed by atoms with van der Waals surface area (Å²) in [7, 11) is 0. The second kappa shape index (κ2) is 7.26. The normalized spacial score (nSPS) is 25.4. The second-order valence-electron chi connectivity index (χ2n) is 8.01. The molecular weight excluding hydrogens is 340 g/mol. The Morgan fingerprint density at radius 3 is 2.56 bits per heavy atom. The zero-order valence-corrected chi connectivity index (χ0v) is 16.0. The first-order chi connectivity index (χ1) is 11.8. The highest BCUT2D eigenvalue weighted by atomic mass is 35.5. The number of benzene rings is 1. The molecule has 2 fully saturated rings. The summed E-state index contributed by atoms with van der Waals surface area (Å²) in [5, 5.41) is 0.683. The Hall–Kier alpha value is -1.10. The molecule has 1 aromatic carbocycles. The maximum atomic E-state index is 12.0. The highest BCUT2D eigenvalue weighted by Crippen LogP contribution is 2.49. The van der Waals surface area contributed by atoms with Crippen LogP contribution in [0.15, 0.2) is 24.3 Å². The summed E-state index contributed by atoms with van der Waals surface area (Å²) in [6.07, 6.45) is 4.26. The fraction of sp³-hybridized carbons (Fsp3) is 0.650. The summed E-state index contributed by atoms with van der Waals surface area (Å²) in [4.78, 5) is 12.0. The number of carbonyl (C=O) groups is 1. The quantitative estimate of drug-likeness (QED) is 0.700. The Morgan fingerprint density at radius 1 is 1.24 bits per heavy atom. The number of halogens is 1. The van der Waals surface area contributed by atoms with Crippen molar-refractivity contribution in [2.75, 3.05) is 6.61 Å². The summed E-state index contributed by atoms with van der Waals surface area (Å²) >= 11 is 6.39. The predicted octanol–water partition coefficient (Wildman–Crippen LogP) is 5.05. The van der Waals surface area contributed by atoms with Gasteiger partial charge in [0.15, 0.2) is 5.79 Å². The maximum Gasteiger partial charge on any atom is 0.311 e. The van der Waals surface area contributed by atoms with E-state index in [4.69, 9.17) is 25.8 Å². The van der Waals surface area contributed by atoms with Crippen LogP contribution in [-0.2, 0) is 19.0 Å². The molecule has 3 rings (SSSR count). The summed E-state index contributed by atoms with van der Waals surface area (Å²) in [5.41, 5.74) is 0.446. The van der Waals surface area contributed by atoms with Crippen LogP contribution in [0.1, 0.15) is 64.5 Å². The van der Waals surface area contributed by atoms with E-state index in [0.717, 1.165) is 31.2 Å². The zero-order chi connectivity index (χ0) is 18.1. The molecule has 25 heavy (non-hydrogen) atoms. The third-order valence-corrected chi connectivity index (χ3v) is 5.21. The molecule has 2 atom stereocenters. The monoisotopic (exact) mass is 366 g/mol. The molecule has 4 nitrogen and oxygen atoms in total. The zero-order valence-electron chi connectivity index (χ0n) is 15.2. The molecule has 0 N–H and O–H groups in total. The van der Waals surface area contributed by atoms with Gasteiger partial charge in [-0.2, -0.15) is 0 Å². The van der Waals surface area contributed by atoms with Crippen molar-refractivity contribution in [3.05, 3.63) is 34.9 Å². The largest absolute Gasteiger partial charge is 0.465 e. The molecule has 1 spiro atoms. The van der Waals surface area contributed by atoms with E-state index in [1.165, 1.54) is 0 Å². The summed E-state index contributed by atoms with van der Waals surface area (Å²) in [6.45, 7) is 5.88. The SMILES string of the molecule is CC(C)(C)C(=O)OCC[C@H]1OC2(CCCC2)O[C@@H]1c1ccccc1Cl. The molecule has 1 aliphatic heterocycles. The number of ether oxygens (including phenoxy) is 3. The van der Waals surface area contributed by atoms with E-state index in [1.807, 2.05) is 45.0 Å². The van der Waals surface area contributed by atoms with E-state index < -0.39 is 11.2 Å². The average molecular weight is 367 g/mol. The highest BCUT2D eigenvalue weighted by Gasteiger charge is 2.49. The lowest BCUT2D eigenvalue weighted by atomic mass is 9.97. The molecule has 1 aromatic rings. The van der Waals surface area contributed by atoms with Gasteiger partial charge in [-0.15, -0.1) is 0 Å². The van der Waals surface area contributed by atoms with Gasteiger partial charge in [-0.3, -0.25) is 4.79 Å². The van der Waals surface area contributed by atoms with Crippen LogP contribution in [0.2, 0.25) is 5.02 Å². The third kappa shape index (κ3) is 4.18. The fourth-order valence-corrected chi connectivity index (χ4v) is 3.73. The number of carbonyl (C=O) groups excluding carboxylic acids is 1. The Kier molecular flexibility index (Phi) is 5.42. The maximum absolute atomic E-state index is 12.0. The lowest BCUT2D eigenvalue weighted by Crippen LogP contribution is -2.28. The van der Waals surface area contributed by atoms with Crippen LogP contribution in [0.25, 0.3) is 0 Å². The topological polar surface area (TPSA) is 44.8 Å². The summed E-state index contributed by atoms with van der Waals surface area (Å²) in [6, 6.07) is 7.73. The van der Waals surface area contributed by atoms with Gasteiger partial charge in [-0.25, -0.2) is 0 Å². The van der Waals surface area contributed by atoms with E-state index >= 15 is 0 Å². The van der Waals surface area contributed by atoms with Crippen molar-refractivity contribution < 1.29 is 19.0 Å². The molecule has 1 aliphatic carbocycles. The van der Waals surface area contributed by atoms with Crippen molar-refractivity contribution in [1.29, 1.82) is 0 Å². The molecule has 0 amide bonds. The first kappa shape index (κ1) is 18.7. The molecule has 0 unspecified atom stereocenters. The van der Waals surface area contributed by atoms with Gasteiger partial charge in [0.1, 0.15) is 6.10 Å². The van der Waals surface area contributed by atoms with Gasteiger partial charge < -0.3 is 14.2 Å². The van der Waals surface area contributed by atoms with E-state index in [2.05, 4.69) is 0 Å². The molecule has 0 bridgehead atoms. The number of rotatable bonds is 4.